The normalized spacial score (nSPS) is 12.6. The highest BCUT2D eigenvalue weighted by Crippen LogP contribution is 2.30. The van der Waals surface area contributed by atoms with Crippen molar-refractivity contribution >= 4 is 5.78 Å². The zero-order valence-corrected chi connectivity index (χ0v) is 11.5. The molecule has 0 atom stereocenters. The molecule has 0 amide bonds. The summed E-state index contributed by atoms with van der Waals surface area (Å²) in [6.07, 6.45) is 0. The van der Waals surface area contributed by atoms with Gasteiger partial charge in [0.25, 0.3) is 5.79 Å². The number of benzene rings is 1. The van der Waals surface area contributed by atoms with Gasteiger partial charge in [-0.1, -0.05) is 29.8 Å². The summed E-state index contributed by atoms with van der Waals surface area (Å²) in [6.45, 7) is 4.89. The molecule has 18 heavy (non-hydrogen) atoms. The van der Waals surface area contributed by atoms with Crippen LogP contribution < -0.4 is 0 Å². The summed E-state index contributed by atoms with van der Waals surface area (Å²) in [5, 5.41) is 10.1. The highest BCUT2D eigenvalue weighted by atomic mass is 16.7. The molecule has 0 aliphatic carbocycles. The molecule has 1 N–H and O–H groups in total. The Labute approximate surface area is 108 Å². The van der Waals surface area contributed by atoms with Gasteiger partial charge in [0.05, 0.1) is 0 Å². The third-order valence-electron chi connectivity index (χ3n) is 2.99. The summed E-state index contributed by atoms with van der Waals surface area (Å²) in [4.78, 5) is 12.5. The lowest BCUT2D eigenvalue weighted by atomic mass is 9.89. The van der Waals surface area contributed by atoms with Crippen LogP contribution in [0.3, 0.4) is 0 Å². The zero-order valence-electron chi connectivity index (χ0n) is 11.5. The van der Waals surface area contributed by atoms with Gasteiger partial charge in [-0.25, -0.2) is 0 Å². The minimum atomic E-state index is -1.71. The Balaban J connectivity index is 3.23. The van der Waals surface area contributed by atoms with Crippen LogP contribution in [0.1, 0.15) is 29.8 Å². The van der Waals surface area contributed by atoms with E-state index in [1.165, 1.54) is 28.1 Å². The molecule has 0 fully saturated rings. The van der Waals surface area contributed by atoms with Crippen LogP contribution in [0.5, 0.6) is 0 Å². The number of carbonyl (C=O) groups excluding carboxylic acids is 1. The number of hydrogen-bond donors (Lipinski definition) is 1. The summed E-state index contributed by atoms with van der Waals surface area (Å²) in [6, 6.07) is 7.04. The standard InChI is InChI=1S/C14H20O4/c1-10-6-8-11(9-7-10)12(15)14(17-4,18-5)13(2,3)16/h6-9,16H,1-5H3. The first-order valence-electron chi connectivity index (χ1n) is 5.72. The van der Waals surface area contributed by atoms with Gasteiger partial charge in [0, 0.05) is 19.8 Å². The monoisotopic (exact) mass is 252 g/mol. The second-order valence-electron chi connectivity index (χ2n) is 4.78. The molecule has 0 spiro atoms. The maximum atomic E-state index is 12.5. The van der Waals surface area contributed by atoms with Crippen LogP contribution >= 0.6 is 0 Å². The molecular weight excluding hydrogens is 232 g/mol. The second-order valence-corrected chi connectivity index (χ2v) is 4.78. The van der Waals surface area contributed by atoms with Crippen molar-refractivity contribution in [2.75, 3.05) is 14.2 Å². The van der Waals surface area contributed by atoms with Gasteiger partial charge in [-0.3, -0.25) is 4.79 Å². The Hall–Kier alpha value is -1.23. The minimum Gasteiger partial charge on any atom is -0.384 e. The Morgan fingerprint density at radius 2 is 1.56 bits per heavy atom. The summed E-state index contributed by atoms with van der Waals surface area (Å²) < 4.78 is 10.4. The number of carbonyl (C=O) groups is 1. The first kappa shape index (κ1) is 14.8. The Bertz CT molecular complexity index is 410. The van der Waals surface area contributed by atoms with Crippen molar-refractivity contribution in [1.29, 1.82) is 0 Å². The summed E-state index contributed by atoms with van der Waals surface area (Å²) >= 11 is 0. The number of methoxy groups -OCH3 is 2. The fourth-order valence-electron chi connectivity index (χ4n) is 1.94. The molecule has 0 radical (unpaired) electrons. The highest BCUT2D eigenvalue weighted by Gasteiger charge is 2.52. The average Bonchev–Trinajstić information content (AvgIpc) is 2.30. The minimum absolute atomic E-state index is 0.403. The zero-order chi connectivity index (χ0) is 14.0. The van der Waals surface area contributed by atoms with E-state index < -0.39 is 17.2 Å². The number of hydrogen-bond acceptors (Lipinski definition) is 4. The van der Waals surface area contributed by atoms with E-state index >= 15 is 0 Å². The molecule has 0 aliphatic heterocycles. The topological polar surface area (TPSA) is 55.8 Å². The molecule has 1 rings (SSSR count). The van der Waals surface area contributed by atoms with Crippen LogP contribution in [0.15, 0.2) is 24.3 Å². The number of ether oxygens (including phenoxy) is 2. The van der Waals surface area contributed by atoms with E-state index in [2.05, 4.69) is 0 Å². The third kappa shape index (κ3) is 2.46. The highest BCUT2D eigenvalue weighted by molar-refractivity contribution is 6.02. The lowest BCUT2D eigenvalue weighted by molar-refractivity contribution is -0.255. The van der Waals surface area contributed by atoms with Gasteiger partial charge >= 0.3 is 0 Å². The Morgan fingerprint density at radius 1 is 1.11 bits per heavy atom. The van der Waals surface area contributed by atoms with Gasteiger partial charge in [-0.2, -0.15) is 0 Å². The van der Waals surface area contributed by atoms with Crippen molar-refractivity contribution in [2.45, 2.75) is 32.2 Å². The van der Waals surface area contributed by atoms with E-state index in [-0.39, 0.29) is 0 Å². The number of aryl methyl sites for hydroxylation is 1. The van der Waals surface area contributed by atoms with Crippen molar-refractivity contribution in [3.05, 3.63) is 35.4 Å². The maximum absolute atomic E-state index is 12.5. The molecule has 0 saturated carbocycles. The van der Waals surface area contributed by atoms with Crippen LogP contribution in [0.4, 0.5) is 0 Å². The fraction of sp³-hybridized carbons (Fsp3) is 0.500. The first-order chi connectivity index (χ1) is 8.28. The van der Waals surface area contributed by atoms with Gasteiger partial charge < -0.3 is 14.6 Å². The van der Waals surface area contributed by atoms with Crippen LogP contribution in [0, 0.1) is 6.92 Å². The van der Waals surface area contributed by atoms with Crippen molar-refractivity contribution in [3.63, 3.8) is 0 Å². The molecule has 0 heterocycles. The predicted molar refractivity (Wildman–Crippen MR) is 68.6 cm³/mol. The van der Waals surface area contributed by atoms with Crippen molar-refractivity contribution in [2.24, 2.45) is 0 Å². The van der Waals surface area contributed by atoms with Gasteiger partial charge in [0.2, 0.25) is 5.78 Å². The van der Waals surface area contributed by atoms with Gasteiger partial charge in [-0.05, 0) is 20.8 Å². The van der Waals surface area contributed by atoms with Crippen LogP contribution in [-0.2, 0) is 9.47 Å². The van der Waals surface area contributed by atoms with Gasteiger partial charge in [0.15, 0.2) is 0 Å². The quantitative estimate of drug-likeness (QED) is 0.642. The predicted octanol–water partition coefficient (Wildman–Crippen LogP) is 1.94. The first-order valence-corrected chi connectivity index (χ1v) is 5.72. The van der Waals surface area contributed by atoms with E-state index in [4.69, 9.17) is 9.47 Å². The van der Waals surface area contributed by atoms with Crippen molar-refractivity contribution in [1.82, 2.24) is 0 Å². The van der Waals surface area contributed by atoms with E-state index in [9.17, 15) is 9.90 Å². The van der Waals surface area contributed by atoms with Gasteiger partial charge in [0.1, 0.15) is 5.60 Å². The number of rotatable bonds is 5. The number of aliphatic hydroxyl groups is 1. The summed E-state index contributed by atoms with van der Waals surface area (Å²) in [5.74, 6) is -2.11. The van der Waals surface area contributed by atoms with Crippen LogP contribution in [0.25, 0.3) is 0 Å². The molecule has 4 nitrogen and oxygen atoms in total. The van der Waals surface area contributed by atoms with E-state index in [0.717, 1.165) is 5.56 Å². The molecular formula is C14H20O4. The lowest BCUT2D eigenvalue weighted by Crippen LogP contribution is -2.58. The molecule has 1 aromatic rings. The molecule has 0 aromatic heterocycles. The molecule has 0 saturated heterocycles. The molecule has 4 heteroatoms. The van der Waals surface area contributed by atoms with Crippen LogP contribution in [-0.4, -0.2) is 36.5 Å². The van der Waals surface area contributed by atoms with Crippen molar-refractivity contribution in [3.8, 4) is 0 Å². The maximum Gasteiger partial charge on any atom is 0.262 e. The van der Waals surface area contributed by atoms with Crippen LogP contribution in [0.2, 0.25) is 0 Å². The Kier molecular flexibility index (Phi) is 4.27. The lowest BCUT2D eigenvalue weighted by Gasteiger charge is -2.38. The van der Waals surface area contributed by atoms with Gasteiger partial charge in [-0.15, -0.1) is 0 Å². The fourth-order valence-corrected chi connectivity index (χ4v) is 1.94. The number of Topliss-reactive ketones (excluding diaryl/α,β-unsaturated/α-hetero) is 1. The number of ketones is 1. The molecule has 0 aliphatic rings. The largest absolute Gasteiger partial charge is 0.384 e. The molecule has 1 aromatic carbocycles. The smallest absolute Gasteiger partial charge is 0.262 e. The van der Waals surface area contributed by atoms with E-state index in [0.29, 0.717) is 5.56 Å². The molecule has 100 valence electrons. The summed E-state index contributed by atoms with van der Waals surface area (Å²) in [7, 11) is 2.68. The molecule has 0 bridgehead atoms. The summed E-state index contributed by atoms with van der Waals surface area (Å²) in [5.41, 5.74) is 0.0278. The van der Waals surface area contributed by atoms with Crippen molar-refractivity contribution < 1.29 is 19.4 Å². The third-order valence-corrected chi connectivity index (χ3v) is 2.99. The van der Waals surface area contributed by atoms with E-state index in [1.54, 1.807) is 12.1 Å². The Morgan fingerprint density at radius 3 is 1.89 bits per heavy atom. The SMILES string of the molecule is COC(OC)(C(=O)c1ccc(C)cc1)C(C)(C)O. The second kappa shape index (κ2) is 5.18. The average molecular weight is 252 g/mol. The molecule has 0 unspecified atom stereocenters. The van der Waals surface area contributed by atoms with E-state index in [1.807, 2.05) is 19.1 Å².